The van der Waals surface area contributed by atoms with Gasteiger partial charge in [-0.25, -0.2) is 15.0 Å². The number of hydrogen-bond donors (Lipinski definition) is 0. The highest BCUT2D eigenvalue weighted by Crippen LogP contribution is 2.16. The van der Waals surface area contributed by atoms with Crippen LogP contribution in [0.15, 0.2) is 30.6 Å². The molecule has 5 nitrogen and oxygen atoms in total. The number of nitrogens with zero attached hydrogens (tertiary/aromatic N) is 5. The summed E-state index contributed by atoms with van der Waals surface area (Å²) in [4.78, 5) is 17.9. The van der Waals surface area contributed by atoms with Gasteiger partial charge in [0.2, 0.25) is 0 Å². The highest BCUT2D eigenvalue weighted by molar-refractivity contribution is 6.30. The van der Waals surface area contributed by atoms with E-state index in [1.807, 2.05) is 24.4 Å². The van der Waals surface area contributed by atoms with Gasteiger partial charge < -0.3 is 4.90 Å². The van der Waals surface area contributed by atoms with Gasteiger partial charge in [0.05, 0.1) is 10.7 Å². The van der Waals surface area contributed by atoms with Crippen molar-refractivity contribution in [1.82, 2.24) is 19.9 Å². The number of halogens is 1. The van der Waals surface area contributed by atoms with Gasteiger partial charge in [-0.1, -0.05) is 18.5 Å². The molecule has 22 heavy (non-hydrogen) atoms. The zero-order valence-corrected chi connectivity index (χ0v) is 13.5. The Kier molecular flexibility index (Phi) is 4.85. The molecule has 2 aromatic rings. The number of aromatic nitrogens is 3. The first-order valence-corrected chi connectivity index (χ1v) is 8.02. The summed E-state index contributed by atoms with van der Waals surface area (Å²) in [6.45, 7) is 6.93. The van der Waals surface area contributed by atoms with E-state index in [-0.39, 0.29) is 0 Å². The van der Waals surface area contributed by atoms with Crippen LogP contribution in [0.1, 0.15) is 18.4 Å². The lowest BCUT2D eigenvalue weighted by molar-refractivity contribution is 0.246. The largest absolute Gasteiger partial charge is 0.354 e. The summed E-state index contributed by atoms with van der Waals surface area (Å²) in [5.41, 5.74) is 1.10. The number of anilines is 1. The first-order chi connectivity index (χ1) is 10.7. The molecular weight excluding hydrogens is 298 g/mol. The first kappa shape index (κ1) is 15.2. The molecule has 3 heterocycles. The van der Waals surface area contributed by atoms with Crippen molar-refractivity contribution < 1.29 is 0 Å². The van der Waals surface area contributed by atoms with Crippen molar-refractivity contribution in [2.75, 3.05) is 31.1 Å². The van der Waals surface area contributed by atoms with Crippen LogP contribution in [0.25, 0.3) is 0 Å². The maximum absolute atomic E-state index is 5.89. The first-order valence-electron chi connectivity index (χ1n) is 7.64. The van der Waals surface area contributed by atoms with Crippen molar-refractivity contribution in [1.29, 1.82) is 0 Å². The predicted molar refractivity (Wildman–Crippen MR) is 88.1 cm³/mol. The van der Waals surface area contributed by atoms with Gasteiger partial charge in [-0.2, -0.15) is 0 Å². The molecule has 0 N–H and O–H groups in total. The van der Waals surface area contributed by atoms with Crippen LogP contribution in [0.4, 0.5) is 5.82 Å². The Morgan fingerprint density at radius 2 is 1.91 bits per heavy atom. The summed E-state index contributed by atoms with van der Waals surface area (Å²) >= 11 is 5.89. The second-order valence-corrected chi connectivity index (χ2v) is 5.85. The Morgan fingerprint density at radius 1 is 1.09 bits per heavy atom. The van der Waals surface area contributed by atoms with Crippen molar-refractivity contribution in [3.63, 3.8) is 0 Å². The smallest absolute Gasteiger partial charge is 0.128 e. The minimum Gasteiger partial charge on any atom is -0.354 e. The Bertz CT molecular complexity index is 608. The second kappa shape index (κ2) is 7.03. The van der Waals surface area contributed by atoms with E-state index in [0.717, 1.165) is 56.5 Å². The van der Waals surface area contributed by atoms with Gasteiger partial charge in [-0.05, 0) is 18.2 Å². The summed E-state index contributed by atoms with van der Waals surface area (Å²) in [6.07, 6.45) is 4.44. The number of rotatable bonds is 4. The van der Waals surface area contributed by atoms with Crippen molar-refractivity contribution >= 4 is 17.4 Å². The third-order valence-corrected chi connectivity index (χ3v) is 4.10. The fourth-order valence-corrected chi connectivity index (χ4v) is 2.73. The monoisotopic (exact) mass is 317 g/mol. The number of hydrogen-bond acceptors (Lipinski definition) is 5. The van der Waals surface area contributed by atoms with E-state index in [1.165, 1.54) is 0 Å². The molecule has 0 radical (unpaired) electrons. The molecule has 116 valence electrons. The fraction of sp³-hybridized carbons (Fsp3) is 0.438. The van der Waals surface area contributed by atoms with Gasteiger partial charge in [-0.15, -0.1) is 0 Å². The molecule has 1 saturated heterocycles. The zero-order chi connectivity index (χ0) is 15.4. The van der Waals surface area contributed by atoms with Crippen molar-refractivity contribution in [2.24, 2.45) is 0 Å². The van der Waals surface area contributed by atoms with Gasteiger partial charge in [-0.3, -0.25) is 4.90 Å². The normalized spacial score (nSPS) is 16.0. The molecular formula is C16H20ClN5. The topological polar surface area (TPSA) is 45.2 Å². The summed E-state index contributed by atoms with van der Waals surface area (Å²) in [5, 5.41) is 0.679. The molecule has 0 atom stereocenters. The van der Waals surface area contributed by atoms with Crippen LogP contribution < -0.4 is 4.90 Å². The molecule has 1 aliphatic heterocycles. The Hall–Kier alpha value is -1.72. The van der Waals surface area contributed by atoms with Crippen LogP contribution >= 0.6 is 11.6 Å². The molecule has 3 rings (SSSR count). The summed E-state index contributed by atoms with van der Waals surface area (Å²) in [5.74, 6) is 1.92. The van der Waals surface area contributed by atoms with Gasteiger partial charge in [0, 0.05) is 51.5 Å². The van der Waals surface area contributed by atoms with Gasteiger partial charge in [0.1, 0.15) is 11.6 Å². The minimum atomic E-state index is 0.679. The second-order valence-electron chi connectivity index (χ2n) is 5.42. The average molecular weight is 318 g/mol. The van der Waals surface area contributed by atoms with Gasteiger partial charge >= 0.3 is 0 Å². The third kappa shape index (κ3) is 3.72. The fourth-order valence-electron chi connectivity index (χ4n) is 2.62. The third-order valence-electron chi connectivity index (χ3n) is 3.87. The lowest BCUT2D eigenvalue weighted by atomic mass is 10.2. The van der Waals surface area contributed by atoms with E-state index in [0.29, 0.717) is 5.02 Å². The van der Waals surface area contributed by atoms with Gasteiger partial charge in [0.25, 0.3) is 0 Å². The maximum atomic E-state index is 5.89. The van der Waals surface area contributed by atoms with E-state index in [1.54, 1.807) is 6.20 Å². The molecule has 0 amide bonds. The standard InChI is InChI=1S/C16H20ClN5/c1-2-15-18-6-5-14(20-15)12-21-7-9-22(10-8-21)16-4-3-13(17)11-19-16/h3-6,11H,2,7-10,12H2,1H3. The molecule has 0 bridgehead atoms. The Labute approximate surface area is 136 Å². The summed E-state index contributed by atoms with van der Waals surface area (Å²) < 4.78 is 0. The van der Waals surface area contributed by atoms with Crippen molar-refractivity contribution in [3.8, 4) is 0 Å². The van der Waals surface area contributed by atoms with Crippen LogP contribution in [0.2, 0.25) is 5.02 Å². The van der Waals surface area contributed by atoms with E-state index in [9.17, 15) is 0 Å². The zero-order valence-electron chi connectivity index (χ0n) is 12.7. The van der Waals surface area contributed by atoms with Crippen LogP contribution in [0, 0.1) is 0 Å². The molecule has 0 aromatic carbocycles. The number of pyridine rings is 1. The quantitative estimate of drug-likeness (QED) is 0.866. The van der Waals surface area contributed by atoms with E-state index < -0.39 is 0 Å². The van der Waals surface area contributed by atoms with Crippen LogP contribution in [-0.4, -0.2) is 46.0 Å². The van der Waals surface area contributed by atoms with Gasteiger partial charge in [0.15, 0.2) is 0 Å². The van der Waals surface area contributed by atoms with Crippen molar-refractivity contribution in [3.05, 3.63) is 47.1 Å². The molecule has 6 heteroatoms. The van der Waals surface area contributed by atoms with Crippen molar-refractivity contribution in [2.45, 2.75) is 19.9 Å². The van der Waals surface area contributed by atoms with E-state index in [2.05, 4.69) is 31.7 Å². The Balaban J connectivity index is 1.56. The number of piperazine rings is 1. The molecule has 2 aromatic heterocycles. The van der Waals surface area contributed by atoms with E-state index in [4.69, 9.17) is 11.6 Å². The number of aryl methyl sites for hydroxylation is 1. The molecule has 0 spiro atoms. The average Bonchev–Trinajstić information content (AvgIpc) is 2.57. The SMILES string of the molecule is CCc1nccc(CN2CCN(c3ccc(Cl)cn3)CC2)n1. The lowest BCUT2D eigenvalue weighted by Crippen LogP contribution is -2.46. The highest BCUT2D eigenvalue weighted by Gasteiger charge is 2.18. The molecule has 0 unspecified atom stereocenters. The summed E-state index contributed by atoms with van der Waals surface area (Å²) in [7, 11) is 0. The van der Waals surface area contributed by atoms with Crippen LogP contribution in [0.3, 0.4) is 0 Å². The Morgan fingerprint density at radius 3 is 2.59 bits per heavy atom. The molecule has 1 aliphatic rings. The maximum Gasteiger partial charge on any atom is 0.128 e. The predicted octanol–water partition coefficient (Wildman–Crippen LogP) is 2.41. The summed E-state index contributed by atoms with van der Waals surface area (Å²) in [6, 6.07) is 5.88. The molecule has 1 fully saturated rings. The van der Waals surface area contributed by atoms with E-state index >= 15 is 0 Å². The van der Waals surface area contributed by atoms with Crippen LogP contribution in [0.5, 0.6) is 0 Å². The highest BCUT2D eigenvalue weighted by atomic mass is 35.5. The molecule has 0 aliphatic carbocycles. The molecule has 0 saturated carbocycles. The minimum absolute atomic E-state index is 0.679. The lowest BCUT2D eigenvalue weighted by Gasteiger charge is -2.35. The van der Waals surface area contributed by atoms with Crippen LogP contribution in [-0.2, 0) is 13.0 Å².